The maximum atomic E-state index is 11.7. The summed E-state index contributed by atoms with van der Waals surface area (Å²) < 4.78 is 5.00. The molecule has 0 unspecified atom stereocenters. The first-order chi connectivity index (χ1) is 8.54. The molecular weight excluding hydrogens is 232 g/mol. The van der Waals surface area contributed by atoms with Gasteiger partial charge >= 0.3 is 5.97 Å². The quantitative estimate of drug-likeness (QED) is 0.609. The van der Waals surface area contributed by atoms with E-state index >= 15 is 0 Å². The number of nitrogens with two attached hydrogens (primary N) is 1. The predicted molar refractivity (Wildman–Crippen MR) is 69.2 cm³/mol. The van der Waals surface area contributed by atoms with Crippen LogP contribution in [0.15, 0.2) is 18.2 Å². The Labute approximate surface area is 106 Å². The normalized spacial score (nSPS) is 9.89. The van der Waals surface area contributed by atoms with Gasteiger partial charge in [-0.1, -0.05) is 0 Å². The Morgan fingerprint density at radius 3 is 2.72 bits per heavy atom. The van der Waals surface area contributed by atoms with Crippen molar-refractivity contribution < 1.29 is 14.3 Å². The Morgan fingerprint density at radius 1 is 1.39 bits per heavy atom. The summed E-state index contributed by atoms with van der Waals surface area (Å²) in [4.78, 5) is 22.8. The highest BCUT2D eigenvalue weighted by Crippen LogP contribution is 2.13. The number of rotatable bonds is 5. The smallest absolute Gasteiger partial charge is 0.338 e. The van der Waals surface area contributed by atoms with Crippen molar-refractivity contribution >= 4 is 17.6 Å². The molecule has 5 heteroatoms. The number of amides is 1. The van der Waals surface area contributed by atoms with Crippen LogP contribution in [0.1, 0.15) is 29.3 Å². The standard InChI is InChI=1S/C13H18N2O3/c1-3-15-12(16)6-7-18-13(17)10-4-5-11(14)9(2)8-10/h4-5,8H,3,6-7,14H2,1-2H3,(H,15,16). The Bertz CT molecular complexity index is 444. The van der Waals surface area contributed by atoms with E-state index in [1.54, 1.807) is 18.2 Å². The largest absolute Gasteiger partial charge is 0.462 e. The molecule has 98 valence electrons. The third-order valence-corrected chi connectivity index (χ3v) is 2.44. The Morgan fingerprint density at radius 2 is 2.11 bits per heavy atom. The summed E-state index contributed by atoms with van der Waals surface area (Å²) in [5.74, 6) is -0.568. The Kier molecular flexibility index (Phi) is 5.17. The van der Waals surface area contributed by atoms with Crippen LogP contribution >= 0.6 is 0 Å². The van der Waals surface area contributed by atoms with Crippen molar-refractivity contribution in [2.45, 2.75) is 20.3 Å². The highest BCUT2D eigenvalue weighted by molar-refractivity contribution is 5.90. The van der Waals surface area contributed by atoms with E-state index in [-0.39, 0.29) is 18.9 Å². The van der Waals surface area contributed by atoms with Crippen molar-refractivity contribution in [1.29, 1.82) is 0 Å². The zero-order valence-corrected chi connectivity index (χ0v) is 10.7. The zero-order chi connectivity index (χ0) is 13.5. The molecule has 0 aromatic heterocycles. The highest BCUT2D eigenvalue weighted by atomic mass is 16.5. The highest BCUT2D eigenvalue weighted by Gasteiger charge is 2.09. The molecule has 0 fully saturated rings. The second kappa shape index (κ2) is 6.64. The average molecular weight is 250 g/mol. The summed E-state index contributed by atoms with van der Waals surface area (Å²) in [6.07, 6.45) is 0.174. The number of anilines is 1. The number of carbonyl (C=O) groups excluding carboxylic acids is 2. The van der Waals surface area contributed by atoms with Gasteiger partial charge in [-0.25, -0.2) is 4.79 Å². The molecule has 18 heavy (non-hydrogen) atoms. The van der Waals surface area contributed by atoms with Crippen molar-refractivity contribution in [2.24, 2.45) is 0 Å². The van der Waals surface area contributed by atoms with Gasteiger partial charge in [-0.15, -0.1) is 0 Å². The van der Waals surface area contributed by atoms with E-state index in [0.29, 0.717) is 17.8 Å². The number of nitrogen functional groups attached to an aromatic ring is 1. The molecule has 1 amide bonds. The van der Waals surface area contributed by atoms with Crippen LogP contribution in [0.2, 0.25) is 0 Å². The summed E-state index contributed by atoms with van der Waals surface area (Å²) in [6.45, 7) is 4.31. The van der Waals surface area contributed by atoms with Crippen LogP contribution in [0.4, 0.5) is 5.69 Å². The lowest BCUT2D eigenvalue weighted by Gasteiger charge is -2.06. The number of carbonyl (C=O) groups is 2. The van der Waals surface area contributed by atoms with Gasteiger partial charge in [-0.2, -0.15) is 0 Å². The van der Waals surface area contributed by atoms with Gasteiger partial charge < -0.3 is 15.8 Å². The number of ether oxygens (including phenoxy) is 1. The summed E-state index contributed by atoms with van der Waals surface area (Å²) in [6, 6.07) is 4.94. The first-order valence-electron chi connectivity index (χ1n) is 5.84. The molecule has 0 heterocycles. The topological polar surface area (TPSA) is 81.4 Å². The molecule has 0 atom stereocenters. The summed E-state index contributed by atoms with van der Waals surface area (Å²) in [7, 11) is 0. The minimum atomic E-state index is -0.442. The molecule has 1 aromatic rings. The third-order valence-electron chi connectivity index (χ3n) is 2.44. The molecule has 0 aliphatic rings. The number of esters is 1. The Balaban J connectivity index is 2.45. The van der Waals surface area contributed by atoms with Crippen LogP contribution in [0.3, 0.4) is 0 Å². The van der Waals surface area contributed by atoms with Crippen LogP contribution in [0.5, 0.6) is 0 Å². The molecule has 3 N–H and O–H groups in total. The lowest BCUT2D eigenvalue weighted by Crippen LogP contribution is -2.24. The zero-order valence-electron chi connectivity index (χ0n) is 10.7. The van der Waals surface area contributed by atoms with Crippen LogP contribution in [0.25, 0.3) is 0 Å². The summed E-state index contributed by atoms with van der Waals surface area (Å²) in [5, 5.41) is 2.63. The summed E-state index contributed by atoms with van der Waals surface area (Å²) >= 11 is 0. The van der Waals surface area contributed by atoms with E-state index in [9.17, 15) is 9.59 Å². The first-order valence-corrected chi connectivity index (χ1v) is 5.84. The minimum Gasteiger partial charge on any atom is -0.462 e. The molecule has 0 bridgehead atoms. The fraction of sp³-hybridized carbons (Fsp3) is 0.385. The second-order valence-electron chi connectivity index (χ2n) is 3.91. The molecule has 1 rings (SSSR count). The summed E-state index contributed by atoms with van der Waals surface area (Å²) in [5.41, 5.74) is 7.56. The molecule has 0 aliphatic carbocycles. The molecule has 5 nitrogen and oxygen atoms in total. The van der Waals surface area contributed by atoms with Gasteiger partial charge in [0.05, 0.1) is 12.0 Å². The number of benzene rings is 1. The monoisotopic (exact) mass is 250 g/mol. The maximum Gasteiger partial charge on any atom is 0.338 e. The third kappa shape index (κ3) is 4.08. The molecular formula is C13H18N2O3. The van der Waals surface area contributed by atoms with E-state index < -0.39 is 5.97 Å². The predicted octanol–water partition coefficient (Wildman–Crippen LogP) is 1.26. The van der Waals surface area contributed by atoms with Gasteiger partial charge in [0.25, 0.3) is 0 Å². The number of nitrogens with one attached hydrogen (secondary N) is 1. The van der Waals surface area contributed by atoms with Crippen LogP contribution in [-0.4, -0.2) is 25.0 Å². The van der Waals surface area contributed by atoms with Gasteiger partial charge in [0.1, 0.15) is 6.61 Å². The van der Waals surface area contributed by atoms with Crippen molar-refractivity contribution in [3.8, 4) is 0 Å². The molecule has 0 aliphatic heterocycles. The van der Waals surface area contributed by atoms with Crippen molar-refractivity contribution in [3.05, 3.63) is 29.3 Å². The van der Waals surface area contributed by atoms with E-state index in [1.807, 2.05) is 13.8 Å². The fourth-order valence-electron chi connectivity index (χ4n) is 1.41. The molecule has 0 spiro atoms. The average Bonchev–Trinajstić information content (AvgIpc) is 2.33. The molecule has 0 saturated heterocycles. The van der Waals surface area contributed by atoms with Gasteiger partial charge in [0.2, 0.25) is 5.91 Å². The minimum absolute atomic E-state index is 0.0775. The van der Waals surface area contributed by atoms with Crippen LogP contribution in [-0.2, 0) is 9.53 Å². The van der Waals surface area contributed by atoms with E-state index in [0.717, 1.165) is 5.56 Å². The molecule has 0 saturated carbocycles. The molecule has 0 radical (unpaired) electrons. The maximum absolute atomic E-state index is 11.7. The fourth-order valence-corrected chi connectivity index (χ4v) is 1.41. The van der Waals surface area contributed by atoms with E-state index in [1.165, 1.54) is 0 Å². The van der Waals surface area contributed by atoms with Gasteiger partial charge in [0, 0.05) is 12.2 Å². The number of hydrogen-bond acceptors (Lipinski definition) is 4. The Hall–Kier alpha value is -2.04. The van der Waals surface area contributed by atoms with Gasteiger partial charge in [-0.05, 0) is 37.6 Å². The number of hydrogen-bond donors (Lipinski definition) is 2. The van der Waals surface area contributed by atoms with Crippen LogP contribution < -0.4 is 11.1 Å². The lowest BCUT2D eigenvalue weighted by atomic mass is 10.1. The van der Waals surface area contributed by atoms with Gasteiger partial charge in [0.15, 0.2) is 0 Å². The number of aryl methyl sites for hydroxylation is 1. The SMILES string of the molecule is CCNC(=O)CCOC(=O)c1ccc(N)c(C)c1. The van der Waals surface area contributed by atoms with E-state index in [4.69, 9.17) is 10.5 Å². The van der Waals surface area contributed by atoms with Crippen molar-refractivity contribution in [2.75, 3.05) is 18.9 Å². The van der Waals surface area contributed by atoms with Crippen molar-refractivity contribution in [1.82, 2.24) is 5.32 Å². The van der Waals surface area contributed by atoms with Gasteiger partial charge in [-0.3, -0.25) is 4.79 Å². The van der Waals surface area contributed by atoms with Crippen LogP contribution in [0, 0.1) is 6.92 Å². The lowest BCUT2D eigenvalue weighted by molar-refractivity contribution is -0.121. The first kappa shape index (κ1) is 14.0. The van der Waals surface area contributed by atoms with Crippen molar-refractivity contribution in [3.63, 3.8) is 0 Å². The molecule has 1 aromatic carbocycles. The van der Waals surface area contributed by atoms with E-state index in [2.05, 4.69) is 5.32 Å². The second-order valence-corrected chi connectivity index (χ2v) is 3.91.